The fourth-order valence-electron chi connectivity index (χ4n) is 11.9. The summed E-state index contributed by atoms with van der Waals surface area (Å²) in [5.41, 5.74) is 17.2. The van der Waals surface area contributed by atoms with E-state index in [9.17, 15) is 0 Å². The van der Waals surface area contributed by atoms with Crippen LogP contribution >= 0.6 is 11.3 Å². The van der Waals surface area contributed by atoms with Gasteiger partial charge in [0.15, 0.2) is 17.5 Å². The molecule has 0 radical (unpaired) electrons. The third-order valence-electron chi connectivity index (χ3n) is 15.0. The van der Waals surface area contributed by atoms with Crippen LogP contribution in [0, 0.1) is 0 Å². The molecule has 4 heteroatoms. The maximum Gasteiger partial charge on any atom is 0.164 e. The first-order valence-electron chi connectivity index (χ1n) is 23.2. The molecular weight excluding hydrogens is 807 g/mol. The van der Waals surface area contributed by atoms with Crippen molar-refractivity contribution in [2.24, 2.45) is 0 Å². The number of nitrogens with zero attached hydrogens (tertiary/aromatic N) is 3. The fourth-order valence-corrected chi connectivity index (χ4v) is 13.1. The zero-order valence-electron chi connectivity index (χ0n) is 36.6. The number of hydrogen-bond acceptors (Lipinski definition) is 4. The lowest BCUT2D eigenvalue weighted by atomic mass is 9.55. The molecule has 3 nitrogen and oxygen atoms in total. The van der Waals surface area contributed by atoms with Crippen molar-refractivity contribution in [1.29, 1.82) is 0 Å². The second kappa shape index (κ2) is 14.8. The van der Waals surface area contributed by atoms with Crippen LogP contribution in [0.4, 0.5) is 0 Å². The highest BCUT2D eigenvalue weighted by atomic mass is 32.1. The molecular formula is C61H47N3S. The number of benzene rings is 6. The molecule has 0 N–H and O–H groups in total. The van der Waals surface area contributed by atoms with Gasteiger partial charge in [-0.3, -0.25) is 0 Å². The number of thiophene rings is 1. The van der Waals surface area contributed by atoms with Gasteiger partial charge in [0, 0.05) is 43.5 Å². The molecule has 312 valence electrons. The average molecular weight is 854 g/mol. The molecule has 0 saturated carbocycles. The summed E-state index contributed by atoms with van der Waals surface area (Å²) in [6.45, 7) is 4.79. The lowest BCUT2D eigenvalue weighted by molar-refractivity contribution is 0.561. The normalized spacial score (nSPS) is 19.2. The van der Waals surface area contributed by atoms with Crippen LogP contribution in [-0.2, 0) is 17.3 Å². The first-order chi connectivity index (χ1) is 32.0. The topological polar surface area (TPSA) is 38.7 Å². The zero-order chi connectivity index (χ0) is 43.3. The third kappa shape index (κ3) is 5.83. The van der Waals surface area contributed by atoms with Gasteiger partial charge in [0.05, 0.1) is 5.41 Å². The second-order valence-corrected chi connectivity index (χ2v) is 19.9. The van der Waals surface area contributed by atoms with Crippen LogP contribution in [0.15, 0.2) is 188 Å². The number of rotatable bonds is 5. The number of aryl methyl sites for hydroxylation is 1. The summed E-state index contributed by atoms with van der Waals surface area (Å²) in [6.07, 6.45) is 22.6. The first kappa shape index (κ1) is 38.4. The minimum atomic E-state index is -0.523. The van der Waals surface area contributed by atoms with Gasteiger partial charge in [0.1, 0.15) is 0 Å². The molecule has 1 spiro atoms. The second-order valence-electron chi connectivity index (χ2n) is 18.8. The summed E-state index contributed by atoms with van der Waals surface area (Å²) < 4.78 is 1.39. The van der Waals surface area contributed by atoms with Crippen LogP contribution in [0.2, 0.25) is 0 Å². The molecule has 2 heterocycles. The Morgan fingerprint density at radius 3 is 1.98 bits per heavy atom. The smallest absolute Gasteiger partial charge is 0.164 e. The number of aromatic nitrogens is 3. The lowest BCUT2D eigenvalue weighted by Crippen LogP contribution is -2.41. The van der Waals surface area contributed by atoms with Crippen LogP contribution < -0.4 is 0 Å². The van der Waals surface area contributed by atoms with Crippen molar-refractivity contribution >= 4 is 33.1 Å². The van der Waals surface area contributed by atoms with Crippen molar-refractivity contribution in [3.63, 3.8) is 0 Å². The molecule has 2 atom stereocenters. The Morgan fingerprint density at radius 2 is 1.25 bits per heavy atom. The van der Waals surface area contributed by atoms with E-state index < -0.39 is 5.41 Å². The van der Waals surface area contributed by atoms with Gasteiger partial charge in [-0.2, -0.15) is 0 Å². The molecule has 5 aliphatic carbocycles. The van der Waals surface area contributed by atoms with E-state index in [1.54, 1.807) is 0 Å². The Bertz CT molecular complexity index is 3360. The van der Waals surface area contributed by atoms with Crippen LogP contribution in [-0.4, -0.2) is 15.0 Å². The monoisotopic (exact) mass is 853 g/mol. The highest BCUT2D eigenvalue weighted by Crippen LogP contribution is 2.64. The van der Waals surface area contributed by atoms with E-state index in [4.69, 9.17) is 15.0 Å². The number of fused-ring (bicyclic) bond motifs is 11. The molecule has 5 aliphatic rings. The quantitative estimate of drug-likeness (QED) is 0.173. The minimum Gasteiger partial charge on any atom is -0.208 e. The summed E-state index contributed by atoms with van der Waals surface area (Å²) in [5, 5.41) is 1.42. The lowest BCUT2D eigenvalue weighted by Gasteiger charge is -2.47. The average Bonchev–Trinajstić information content (AvgIpc) is 3.89. The maximum absolute atomic E-state index is 5.45. The van der Waals surface area contributed by atoms with Crippen LogP contribution in [0.1, 0.15) is 99.9 Å². The predicted molar refractivity (Wildman–Crippen MR) is 269 cm³/mol. The molecule has 13 rings (SSSR count). The van der Waals surface area contributed by atoms with Gasteiger partial charge in [0.25, 0.3) is 0 Å². The minimum absolute atomic E-state index is 0.182. The van der Waals surface area contributed by atoms with Crippen molar-refractivity contribution in [3.05, 3.63) is 243 Å². The third-order valence-corrected chi connectivity index (χ3v) is 16.2. The summed E-state index contributed by atoms with van der Waals surface area (Å²) in [5.74, 6) is 2.62. The van der Waals surface area contributed by atoms with Gasteiger partial charge in [-0.1, -0.05) is 190 Å². The molecule has 0 saturated heterocycles. The van der Waals surface area contributed by atoms with Crippen LogP contribution in [0.3, 0.4) is 0 Å². The molecule has 0 aliphatic heterocycles. The molecule has 8 aromatic rings. The summed E-state index contributed by atoms with van der Waals surface area (Å²) in [6, 6.07) is 51.9. The molecule has 2 unspecified atom stereocenters. The van der Waals surface area contributed by atoms with E-state index in [1.165, 1.54) is 76.2 Å². The van der Waals surface area contributed by atoms with E-state index in [1.807, 2.05) is 17.4 Å². The number of allylic oxidation sites excluding steroid dienone is 9. The molecule has 6 aromatic carbocycles. The Morgan fingerprint density at radius 1 is 0.569 bits per heavy atom. The Labute approximate surface area is 385 Å². The molecule has 65 heavy (non-hydrogen) atoms. The van der Waals surface area contributed by atoms with Crippen LogP contribution in [0.5, 0.6) is 0 Å². The van der Waals surface area contributed by atoms with E-state index in [0.29, 0.717) is 23.4 Å². The highest BCUT2D eigenvalue weighted by molar-refractivity contribution is 7.20. The molecule has 2 aromatic heterocycles. The summed E-state index contributed by atoms with van der Waals surface area (Å²) in [4.78, 5) is 17.5. The van der Waals surface area contributed by atoms with Crippen LogP contribution in [0.25, 0.3) is 55.9 Å². The fraction of sp³-hybridized carbons (Fsp3) is 0.164. The van der Waals surface area contributed by atoms with Crippen molar-refractivity contribution < 1.29 is 0 Å². The van der Waals surface area contributed by atoms with E-state index in [-0.39, 0.29) is 11.3 Å². The summed E-state index contributed by atoms with van der Waals surface area (Å²) in [7, 11) is 0. The Hall–Kier alpha value is -7.01. The highest BCUT2D eigenvalue weighted by Gasteiger charge is 2.55. The van der Waals surface area contributed by atoms with E-state index in [0.717, 1.165) is 42.4 Å². The van der Waals surface area contributed by atoms with Gasteiger partial charge in [-0.15, -0.1) is 11.3 Å². The maximum atomic E-state index is 5.45. The van der Waals surface area contributed by atoms with Crippen molar-refractivity contribution in [1.82, 2.24) is 15.0 Å². The molecule has 0 fully saturated rings. The van der Waals surface area contributed by atoms with Gasteiger partial charge >= 0.3 is 0 Å². The van der Waals surface area contributed by atoms with Crippen molar-refractivity contribution in [3.8, 4) is 34.2 Å². The summed E-state index contributed by atoms with van der Waals surface area (Å²) >= 11 is 1.94. The van der Waals surface area contributed by atoms with Gasteiger partial charge in [-0.25, -0.2) is 15.0 Å². The predicted octanol–water partition coefficient (Wildman–Crippen LogP) is 15.1. The standard InChI is InChI=1S/C61H47N3S/c1-60(2)49-22-10-12-24-51(49)61(52-25-13-11-23-50(52)60)48-35-33-42(43-32-34-45-44-20-9-14-27-54(44)65-55(45)37-43)36-47(48)56-46(21-15-26-53(56)61)59-63-57(40-18-7-4-8-19-40)62-58(64-59)41-30-28-39(29-31-41)38-16-5-3-6-17-38/h3-8,10-16,18-19,21-35,37-38,42H,9,17,20,36H2,1-2H3. The van der Waals surface area contributed by atoms with Gasteiger partial charge in [-0.05, 0) is 104 Å². The number of hydrogen-bond donors (Lipinski definition) is 0. The SMILES string of the molecule is CC1(C)c2ccccc2C2(C3=C(CC(c4ccc5c6c(sc5c4)C=CCC6)C=C3)c3c(-c4nc(-c5ccccc5)nc(-c5ccc(C6C=CC=CC6)cc5)n4)cccc32)c2ccccc21. The first-order valence-corrected chi connectivity index (χ1v) is 24.0. The molecule has 0 bridgehead atoms. The van der Waals surface area contributed by atoms with E-state index in [2.05, 4.69) is 196 Å². The largest absolute Gasteiger partial charge is 0.208 e. The Kier molecular flexibility index (Phi) is 8.74. The zero-order valence-corrected chi connectivity index (χ0v) is 37.4. The van der Waals surface area contributed by atoms with E-state index >= 15 is 0 Å². The van der Waals surface area contributed by atoms with Crippen molar-refractivity contribution in [2.75, 3.05) is 0 Å². The molecule has 0 amide bonds. The van der Waals surface area contributed by atoms with Gasteiger partial charge < -0.3 is 0 Å². The Balaban J connectivity index is 1.03. The van der Waals surface area contributed by atoms with Crippen molar-refractivity contribution in [2.45, 2.75) is 62.2 Å². The van der Waals surface area contributed by atoms with Gasteiger partial charge in [0.2, 0.25) is 0 Å².